The Hall–Kier alpha value is 10.1. The summed E-state index contributed by atoms with van der Waals surface area (Å²) in [7, 11) is 0. The molecule has 0 aromatic carbocycles. The van der Waals surface area contributed by atoms with Crippen molar-refractivity contribution in [2.45, 2.75) is 28.0 Å². The largest absolute Gasteiger partial charge is 0.162 e. The second kappa shape index (κ2) is 13.6. The third-order valence-electron chi connectivity index (χ3n) is 3.35. The minimum Gasteiger partial charge on any atom is -0.0675 e. The molecule has 0 spiro atoms. The van der Waals surface area contributed by atoms with Gasteiger partial charge in [0, 0.05) is 0 Å². The molecule has 0 rings (SSSR count). The topological polar surface area (TPSA) is 0 Å². The van der Waals surface area contributed by atoms with E-state index >= 15 is 0 Å². The molecule has 0 amide bonds. The molecule has 0 aromatic rings. The quantitative estimate of drug-likeness (QED) is 0.213. The van der Waals surface area contributed by atoms with E-state index in [0.29, 0.717) is 3.74 Å². The van der Waals surface area contributed by atoms with Crippen LogP contribution in [0.2, 0.25) is 0 Å². The van der Waals surface area contributed by atoms with Gasteiger partial charge in [0.2, 0.25) is 0 Å². The monoisotopic (exact) mass is 1780 g/mol. The van der Waals surface area contributed by atoms with Crippen molar-refractivity contribution in [1.82, 2.24) is 0 Å². The van der Waals surface area contributed by atoms with E-state index in [9.17, 15) is 0 Å². The molecule has 0 fully saturated rings. The van der Waals surface area contributed by atoms with E-state index in [1.807, 2.05) is 0 Å². The fourth-order valence-electron chi connectivity index (χ4n) is 1.48. The lowest BCUT2D eigenvalue weighted by molar-refractivity contribution is 0.577. The lowest BCUT2D eigenvalue weighted by Crippen LogP contribution is -2.69. The van der Waals surface area contributed by atoms with Crippen LogP contribution in [0.15, 0.2) is 0 Å². The molecule has 0 aromatic heterocycles. The van der Waals surface area contributed by atoms with Gasteiger partial charge in [-0.1, -0.05) is 335 Å². The highest BCUT2D eigenvalue weighted by Crippen LogP contribution is 2.79. The van der Waals surface area contributed by atoms with Crippen LogP contribution in [0.5, 0.6) is 0 Å². The molecule has 187 valence electrons. The molecular formula is C10Br21. The molecule has 0 heterocycles. The van der Waals surface area contributed by atoms with Crippen molar-refractivity contribution in [3.8, 4) is 0 Å². The van der Waals surface area contributed by atoms with Gasteiger partial charge >= 0.3 is 0 Å². The number of hydrogen-bond donors (Lipinski definition) is 0. The van der Waals surface area contributed by atoms with Gasteiger partial charge in [0.25, 0.3) is 0 Å². The summed E-state index contributed by atoms with van der Waals surface area (Å²) >= 11 is 78.7. The second-order valence-corrected chi connectivity index (χ2v) is 42.3. The van der Waals surface area contributed by atoms with Crippen LogP contribution < -0.4 is 0 Å². The van der Waals surface area contributed by atoms with E-state index in [1.165, 1.54) is 0 Å². The molecule has 0 aliphatic heterocycles. The maximum atomic E-state index is 3.87. The summed E-state index contributed by atoms with van der Waals surface area (Å²) < 4.78 is -8.01. The number of alkyl halides is 19. The van der Waals surface area contributed by atoms with Gasteiger partial charge in [0.1, 0.15) is 29.6 Å². The highest BCUT2D eigenvalue weighted by Gasteiger charge is 2.79. The van der Waals surface area contributed by atoms with Gasteiger partial charge in [-0.15, -0.1) is 0 Å². The Balaban J connectivity index is 6.91. The summed E-state index contributed by atoms with van der Waals surface area (Å²) in [5, 5.41) is 0. The molecule has 31 heavy (non-hydrogen) atoms. The average Bonchev–Trinajstić information content (AvgIpc) is 2.52. The van der Waals surface area contributed by atoms with E-state index in [4.69, 9.17) is 0 Å². The smallest absolute Gasteiger partial charge is 0.0675 e. The molecule has 0 atom stereocenters. The second-order valence-electron chi connectivity index (χ2n) is 5.35. The number of halogens is 21. The van der Waals surface area contributed by atoms with Crippen LogP contribution in [0.25, 0.3) is 0 Å². The summed E-state index contributed by atoms with van der Waals surface area (Å²) in [6.45, 7) is 0. The normalized spacial score (nSPS) is 16.8. The zero-order chi connectivity index (χ0) is 26.1. The Morgan fingerprint density at radius 2 is 0.484 bits per heavy atom. The third kappa shape index (κ3) is 7.49. The minimum atomic E-state index is -1.06. The minimum absolute atomic E-state index is 0.678. The first kappa shape index (κ1) is 41.1. The first-order valence-corrected chi connectivity index (χ1v) is 22.9. The predicted octanol–water partition coefficient (Wildman–Crippen LogP) is 16.0. The van der Waals surface area contributed by atoms with E-state index in [-0.39, 0.29) is 0 Å². The highest BCUT2D eigenvalue weighted by atomic mass is 80.0. The van der Waals surface area contributed by atoms with Crippen LogP contribution in [-0.2, 0) is 0 Å². The predicted molar refractivity (Wildman–Crippen MR) is 215 cm³/mol. The molecule has 21 heteroatoms. The Bertz CT molecular complexity index is 650. The van der Waals surface area contributed by atoms with Crippen LogP contribution in [0, 0.1) is 3.74 Å². The molecule has 0 unspecified atom stereocenters. The maximum Gasteiger partial charge on any atom is 0.162 e. The Morgan fingerprint density at radius 1 is 0.290 bits per heavy atom. The summed E-state index contributed by atoms with van der Waals surface area (Å²) in [4.78, 5) is 0. The van der Waals surface area contributed by atoms with E-state index in [1.54, 1.807) is 0 Å². The number of rotatable bonds is 8. The van der Waals surface area contributed by atoms with Gasteiger partial charge in [-0.25, -0.2) is 0 Å². The first-order valence-electron chi connectivity index (χ1n) is 6.22. The summed E-state index contributed by atoms with van der Waals surface area (Å²) in [6.07, 6.45) is 0. The molecule has 1 radical (unpaired) electrons. The van der Waals surface area contributed by atoms with Gasteiger partial charge in [-0.05, 0) is 0 Å². The average molecular weight is 1800 g/mol. The lowest BCUT2D eigenvalue weighted by Gasteiger charge is -2.58. The van der Waals surface area contributed by atoms with Crippen molar-refractivity contribution in [2.75, 3.05) is 0 Å². The molecular weight excluding hydrogens is 1800 g/mol. The van der Waals surface area contributed by atoms with Crippen LogP contribution >= 0.6 is 335 Å². The molecule has 0 saturated carbocycles. The summed E-state index contributed by atoms with van der Waals surface area (Å²) in [5.41, 5.74) is 0. The summed E-state index contributed by atoms with van der Waals surface area (Å²) in [5.74, 6) is 0. The van der Waals surface area contributed by atoms with Gasteiger partial charge in [0.15, 0.2) is 2.14 Å². The van der Waals surface area contributed by atoms with Crippen molar-refractivity contribution in [3.63, 3.8) is 0 Å². The Morgan fingerprint density at radius 3 is 0.677 bits per heavy atom. The van der Waals surface area contributed by atoms with Crippen molar-refractivity contribution in [2.24, 2.45) is 0 Å². The van der Waals surface area contributed by atoms with Crippen molar-refractivity contribution < 1.29 is 0 Å². The van der Waals surface area contributed by atoms with Gasteiger partial charge in [-0.2, -0.15) is 0 Å². The zero-order valence-corrected chi connectivity index (χ0v) is 46.2. The fraction of sp³-hybridized carbons (Fsp3) is 0.900. The zero-order valence-electron chi connectivity index (χ0n) is 12.9. The molecule has 0 bridgehead atoms. The SMILES string of the molecule is Br[C](Br)C(Br)(Br)C(Br)(Br)C(Br)(Br)C(Br)(Br)C(Br)(Br)C(Br)(Br)C(Br)(Br)C(Br)(Br)C(Br)(Br)Br. The fourth-order valence-corrected chi connectivity index (χ4v) is 20.1. The van der Waals surface area contributed by atoms with Crippen LogP contribution in [0.4, 0.5) is 0 Å². The molecule has 0 aliphatic rings. The highest BCUT2D eigenvalue weighted by molar-refractivity contribution is 9.42. The standard InChI is InChI=1S/C10Br21/c11-1(12)2(13,14)3(15,16)4(17,18)5(19,20)6(21,22)7(23,24)8(25,26)9(27,28)10(29,30)31. The lowest BCUT2D eigenvalue weighted by atomic mass is 10.1. The maximum absolute atomic E-state index is 3.87. The van der Waals surface area contributed by atoms with Crippen LogP contribution in [0.3, 0.4) is 0 Å². The van der Waals surface area contributed by atoms with Gasteiger partial charge in [0.05, 0.1) is 0 Å². The van der Waals surface area contributed by atoms with Crippen LogP contribution in [0.1, 0.15) is 0 Å². The van der Waals surface area contributed by atoms with E-state index in [2.05, 4.69) is 335 Å². The Labute approximate surface area is 357 Å². The molecule has 0 nitrogen and oxygen atoms in total. The molecule has 0 aliphatic carbocycles. The van der Waals surface area contributed by atoms with Crippen molar-refractivity contribution in [1.29, 1.82) is 0 Å². The van der Waals surface area contributed by atoms with Crippen molar-refractivity contribution in [3.05, 3.63) is 3.74 Å². The first-order chi connectivity index (χ1) is 12.9. The number of hydrogen-bond acceptors (Lipinski definition) is 0. The Kier molecular flexibility index (Phi) is 18.0. The third-order valence-corrected chi connectivity index (χ3v) is 45.2. The van der Waals surface area contributed by atoms with E-state index < -0.39 is 28.0 Å². The molecule has 0 N–H and O–H groups in total. The molecule has 0 saturated heterocycles. The van der Waals surface area contributed by atoms with Gasteiger partial charge in [-0.3, -0.25) is 0 Å². The van der Waals surface area contributed by atoms with Crippen LogP contribution in [-0.4, -0.2) is 28.0 Å². The van der Waals surface area contributed by atoms with Gasteiger partial charge < -0.3 is 0 Å². The van der Waals surface area contributed by atoms with E-state index in [0.717, 1.165) is 0 Å². The summed E-state index contributed by atoms with van der Waals surface area (Å²) in [6, 6.07) is 0. The van der Waals surface area contributed by atoms with Crippen molar-refractivity contribution >= 4 is 335 Å².